The first-order valence-electron chi connectivity index (χ1n) is 12.8. The summed E-state index contributed by atoms with van der Waals surface area (Å²) in [5.74, 6) is 2.30. The zero-order valence-corrected chi connectivity index (χ0v) is 20.9. The Balaban J connectivity index is 1.29. The minimum Gasteiger partial charge on any atom is -0.493 e. The summed E-state index contributed by atoms with van der Waals surface area (Å²) in [7, 11) is 1.68. The fraction of sp³-hybridized carbons (Fsp3) is 0.414. The van der Waals surface area contributed by atoms with Gasteiger partial charge in [-0.15, -0.1) is 0 Å². The normalized spacial score (nSPS) is 19.6. The highest BCUT2D eigenvalue weighted by molar-refractivity contribution is 5.98. The number of methoxy groups -OCH3 is 1. The van der Waals surface area contributed by atoms with Crippen LogP contribution < -0.4 is 14.8 Å². The van der Waals surface area contributed by atoms with Gasteiger partial charge in [0.1, 0.15) is 18.1 Å². The Morgan fingerprint density at radius 1 is 0.972 bits per heavy atom. The van der Waals surface area contributed by atoms with Crippen LogP contribution in [0.3, 0.4) is 0 Å². The highest BCUT2D eigenvalue weighted by Gasteiger charge is 2.31. The predicted molar refractivity (Wildman–Crippen MR) is 139 cm³/mol. The van der Waals surface area contributed by atoms with Gasteiger partial charge in [-0.25, -0.2) is 0 Å². The van der Waals surface area contributed by atoms with Crippen molar-refractivity contribution in [1.29, 1.82) is 0 Å². The van der Waals surface area contributed by atoms with Crippen LogP contribution in [-0.2, 0) is 17.8 Å². The lowest BCUT2D eigenvalue weighted by Crippen LogP contribution is -2.43. The van der Waals surface area contributed by atoms with E-state index in [1.54, 1.807) is 7.11 Å². The van der Waals surface area contributed by atoms with Gasteiger partial charge in [0.2, 0.25) is 0 Å². The van der Waals surface area contributed by atoms with Crippen LogP contribution in [0.25, 0.3) is 0 Å². The van der Waals surface area contributed by atoms with Crippen LogP contribution in [0.5, 0.6) is 11.5 Å². The van der Waals surface area contributed by atoms with Crippen molar-refractivity contribution >= 4 is 5.91 Å². The minimum atomic E-state index is -0.0209. The summed E-state index contributed by atoms with van der Waals surface area (Å²) in [4.78, 5) is 14.6. The molecular weight excluding hydrogens is 454 g/mol. The number of rotatable bonds is 11. The van der Waals surface area contributed by atoms with E-state index in [1.807, 2.05) is 24.3 Å². The number of hydrogen-bond donors (Lipinski definition) is 1. The molecule has 1 N–H and O–H groups in total. The highest BCUT2D eigenvalue weighted by atomic mass is 16.5. The number of aromatic nitrogens is 1. The maximum Gasteiger partial charge on any atom is 0.252 e. The van der Waals surface area contributed by atoms with Gasteiger partial charge in [0.05, 0.1) is 13.2 Å². The van der Waals surface area contributed by atoms with Gasteiger partial charge >= 0.3 is 0 Å². The van der Waals surface area contributed by atoms with Gasteiger partial charge < -0.3 is 29.0 Å². The Hall–Kier alpha value is -3.29. The van der Waals surface area contributed by atoms with Crippen molar-refractivity contribution in [2.24, 2.45) is 5.92 Å². The third-order valence-electron chi connectivity index (χ3n) is 7.23. The maximum absolute atomic E-state index is 12.1. The second-order valence-corrected chi connectivity index (χ2v) is 9.60. The molecule has 0 unspecified atom stereocenters. The number of amides is 1. The van der Waals surface area contributed by atoms with E-state index in [-0.39, 0.29) is 5.91 Å². The molecule has 5 rings (SSSR count). The van der Waals surface area contributed by atoms with Gasteiger partial charge in [0.15, 0.2) is 0 Å². The van der Waals surface area contributed by atoms with Crippen LogP contribution in [0.15, 0.2) is 67.0 Å². The summed E-state index contributed by atoms with van der Waals surface area (Å²) < 4.78 is 19.6. The largest absolute Gasteiger partial charge is 0.493 e. The van der Waals surface area contributed by atoms with Gasteiger partial charge in [-0.05, 0) is 66.4 Å². The van der Waals surface area contributed by atoms with Crippen LogP contribution >= 0.6 is 0 Å². The Bertz CT molecular complexity index is 1150. The average Bonchev–Trinajstić information content (AvgIpc) is 3.56. The van der Waals surface area contributed by atoms with Gasteiger partial charge in [-0.2, -0.15) is 0 Å². The van der Waals surface area contributed by atoms with Crippen molar-refractivity contribution in [3.05, 3.63) is 83.7 Å². The first-order valence-corrected chi connectivity index (χ1v) is 12.8. The van der Waals surface area contributed by atoms with E-state index in [0.717, 1.165) is 55.2 Å². The molecule has 2 aromatic carbocycles. The number of likely N-dealkylation sites (tertiary alicyclic amines) is 1. The molecule has 2 aliphatic heterocycles. The number of carbonyl (C=O) groups is 1. The summed E-state index contributed by atoms with van der Waals surface area (Å²) in [5, 5.41) is 2.88. The lowest BCUT2D eigenvalue weighted by molar-refractivity contribution is 0.0964. The molecule has 36 heavy (non-hydrogen) atoms. The van der Waals surface area contributed by atoms with E-state index in [9.17, 15) is 4.79 Å². The molecule has 1 fully saturated rings. The summed E-state index contributed by atoms with van der Waals surface area (Å²) in [6.07, 6.45) is 5.30. The smallest absolute Gasteiger partial charge is 0.252 e. The van der Waals surface area contributed by atoms with Crippen LogP contribution in [0, 0.1) is 5.92 Å². The van der Waals surface area contributed by atoms with Gasteiger partial charge in [-0.3, -0.25) is 4.79 Å². The second kappa shape index (κ2) is 11.6. The molecule has 0 bridgehead atoms. The average molecular weight is 490 g/mol. The third kappa shape index (κ3) is 5.91. The molecule has 190 valence electrons. The number of nitrogens with one attached hydrogen (secondary N) is 1. The number of carbonyl (C=O) groups excluding carboxylic acids is 1. The lowest BCUT2D eigenvalue weighted by Gasteiger charge is -2.39. The van der Waals surface area contributed by atoms with E-state index in [0.29, 0.717) is 38.2 Å². The quantitative estimate of drug-likeness (QED) is 0.414. The fourth-order valence-corrected chi connectivity index (χ4v) is 5.26. The van der Waals surface area contributed by atoms with Crippen molar-refractivity contribution in [2.45, 2.75) is 25.4 Å². The van der Waals surface area contributed by atoms with Crippen LogP contribution in [0.4, 0.5) is 0 Å². The van der Waals surface area contributed by atoms with Gasteiger partial charge in [-0.1, -0.05) is 18.2 Å². The van der Waals surface area contributed by atoms with Crippen LogP contribution in [-0.4, -0.2) is 61.9 Å². The van der Waals surface area contributed by atoms with Gasteiger partial charge in [0.25, 0.3) is 5.91 Å². The second-order valence-electron chi connectivity index (χ2n) is 9.60. The lowest BCUT2D eigenvalue weighted by atomic mass is 9.80. The zero-order valence-electron chi connectivity index (χ0n) is 20.9. The molecule has 3 heterocycles. The number of hydrogen-bond acceptors (Lipinski definition) is 5. The summed E-state index contributed by atoms with van der Waals surface area (Å²) in [6, 6.07) is 18.4. The molecule has 0 saturated carbocycles. The summed E-state index contributed by atoms with van der Waals surface area (Å²) >= 11 is 0. The molecule has 7 nitrogen and oxygen atoms in total. The maximum atomic E-state index is 12.1. The zero-order chi connectivity index (χ0) is 24.7. The monoisotopic (exact) mass is 489 g/mol. The number of nitrogens with zero attached hydrogens (tertiary/aromatic N) is 2. The molecule has 7 heteroatoms. The Morgan fingerprint density at radius 3 is 2.69 bits per heavy atom. The van der Waals surface area contributed by atoms with E-state index < -0.39 is 0 Å². The Morgan fingerprint density at radius 2 is 1.83 bits per heavy atom. The molecule has 3 aromatic rings. The third-order valence-corrected chi connectivity index (χ3v) is 7.23. The number of fused-ring (bicyclic) bond motifs is 1. The SMILES string of the molecule is COCCOc1cccc([C@@H]2CCN(CCn3cccc3)C[C@H]2COc2ccc3c(c2)C(=O)NC3)c1. The number of benzene rings is 2. The molecule has 2 atom stereocenters. The molecule has 1 aromatic heterocycles. The van der Waals surface area contributed by atoms with Gasteiger partial charge in [0, 0.05) is 57.2 Å². The standard InChI is InChI=1S/C29H35N3O4/c1-34-15-16-35-25-6-4-5-22(17-25)27-9-12-32(14-13-31-10-2-3-11-31)20-24(27)21-36-26-8-7-23-19-30-29(33)28(23)18-26/h2-8,10-11,17-18,24,27H,9,12-16,19-21H2,1H3,(H,30,33)/t24-,27-/m0/s1. The van der Waals surface area contributed by atoms with Crippen molar-refractivity contribution < 1.29 is 19.0 Å². The molecule has 1 saturated heterocycles. The molecule has 1 amide bonds. The summed E-state index contributed by atoms with van der Waals surface area (Å²) in [6.45, 7) is 6.31. The molecular formula is C29H35N3O4. The van der Waals surface area contributed by atoms with Crippen molar-refractivity contribution in [1.82, 2.24) is 14.8 Å². The first-order chi connectivity index (χ1) is 17.7. The van der Waals surface area contributed by atoms with Crippen molar-refractivity contribution in [3.63, 3.8) is 0 Å². The van der Waals surface area contributed by atoms with Crippen molar-refractivity contribution in [3.8, 4) is 11.5 Å². The predicted octanol–water partition coefficient (Wildman–Crippen LogP) is 3.94. The summed E-state index contributed by atoms with van der Waals surface area (Å²) in [5.41, 5.74) is 3.04. The minimum absolute atomic E-state index is 0.0209. The molecule has 2 aliphatic rings. The molecule has 0 aliphatic carbocycles. The first kappa shape index (κ1) is 24.4. The fourth-order valence-electron chi connectivity index (χ4n) is 5.26. The highest BCUT2D eigenvalue weighted by Crippen LogP contribution is 2.35. The molecule has 0 radical (unpaired) electrons. The van der Waals surface area contributed by atoms with E-state index in [2.05, 4.69) is 57.5 Å². The Kier molecular flexibility index (Phi) is 7.88. The van der Waals surface area contributed by atoms with E-state index >= 15 is 0 Å². The van der Waals surface area contributed by atoms with Crippen molar-refractivity contribution in [2.75, 3.05) is 46.6 Å². The Labute approximate surface area is 213 Å². The van der Waals surface area contributed by atoms with Crippen LogP contribution in [0.1, 0.15) is 33.8 Å². The van der Waals surface area contributed by atoms with E-state index in [1.165, 1.54) is 5.56 Å². The molecule has 0 spiro atoms. The van der Waals surface area contributed by atoms with Crippen LogP contribution in [0.2, 0.25) is 0 Å². The number of piperidine rings is 1. The topological polar surface area (TPSA) is 65.0 Å². The number of ether oxygens (including phenoxy) is 3. The van der Waals surface area contributed by atoms with E-state index in [4.69, 9.17) is 14.2 Å².